The van der Waals surface area contributed by atoms with Gasteiger partial charge in [-0.05, 0) is 13.3 Å². The van der Waals surface area contributed by atoms with Gasteiger partial charge in [-0.3, -0.25) is 9.59 Å². The van der Waals surface area contributed by atoms with E-state index in [1.54, 1.807) is 6.92 Å². The molecule has 1 unspecified atom stereocenters. The van der Waals surface area contributed by atoms with E-state index >= 15 is 0 Å². The van der Waals surface area contributed by atoms with Crippen LogP contribution in [0.3, 0.4) is 0 Å². The lowest BCUT2D eigenvalue weighted by molar-refractivity contribution is -0.141. The Morgan fingerprint density at radius 1 is 1.68 bits per heavy atom. The maximum absolute atomic E-state index is 11.8. The van der Waals surface area contributed by atoms with Gasteiger partial charge in [-0.1, -0.05) is 11.6 Å². The van der Waals surface area contributed by atoms with Crippen molar-refractivity contribution in [3.63, 3.8) is 0 Å². The number of methoxy groups -OCH3 is 1. The first kappa shape index (κ1) is 15.5. The average molecular weight is 290 g/mol. The molecule has 0 amide bonds. The Morgan fingerprint density at radius 3 is 2.95 bits per heavy atom. The van der Waals surface area contributed by atoms with Crippen LogP contribution in [0.4, 0.5) is 5.69 Å². The van der Waals surface area contributed by atoms with Crippen molar-refractivity contribution < 1.29 is 14.6 Å². The second-order valence-corrected chi connectivity index (χ2v) is 4.35. The Labute approximate surface area is 115 Å². The van der Waals surface area contributed by atoms with Crippen LogP contribution in [0.1, 0.15) is 13.3 Å². The van der Waals surface area contributed by atoms with Crippen molar-refractivity contribution in [2.24, 2.45) is 0 Å². The molecule has 0 spiro atoms. The fourth-order valence-electron chi connectivity index (χ4n) is 1.30. The summed E-state index contributed by atoms with van der Waals surface area (Å²) >= 11 is 5.89. The lowest BCUT2D eigenvalue weighted by atomic mass is 10.3. The van der Waals surface area contributed by atoms with E-state index in [2.05, 4.69) is 15.2 Å². The van der Waals surface area contributed by atoms with Gasteiger partial charge < -0.3 is 15.2 Å². The number of hydrogen-bond acceptors (Lipinski definition) is 6. The first-order chi connectivity index (χ1) is 8.95. The minimum Gasteiger partial charge on any atom is -0.468 e. The van der Waals surface area contributed by atoms with Gasteiger partial charge in [0.1, 0.15) is 11.6 Å². The number of carbonyl (C=O) groups excluding carboxylic acids is 1. The Morgan fingerprint density at radius 2 is 2.37 bits per heavy atom. The fraction of sp³-hybridized carbons (Fsp3) is 0.545. The predicted octanol–water partition coefficient (Wildman–Crippen LogP) is 0.253. The van der Waals surface area contributed by atoms with E-state index in [4.69, 9.17) is 16.7 Å². The number of halogens is 1. The van der Waals surface area contributed by atoms with Crippen molar-refractivity contribution in [2.45, 2.75) is 26.0 Å². The van der Waals surface area contributed by atoms with Gasteiger partial charge in [0.2, 0.25) is 0 Å². The van der Waals surface area contributed by atoms with Gasteiger partial charge in [-0.2, -0.15) is 5.10 Å². The number of ether oxygens (including phenoxy) is 1. The predicted molar refractivity (Wildman–Crippen MR) is 70.3 cm³/mol. The number of rotatable bonds is 6. The molecule has 0 saturated heterocycles. The summed E-state index contributed by atoms with van der Waals surface area (Å²) in [6.45, 7) is 1.83. The molecule has 8 heteroatoms. The van der Waals surface area contributed by atoms with Crippen LogP contribution in [0.5, 0.6) is 0 Å². The number of carbonyl (C=O) groups is 1. The highest BCUT2D eigenvalue weighted by atomic mass is 35.5. The molecular formula is C11H16ClN3O4. The highest BCUT2D eigenvalue weighted by Gasteiger charge is 2.11. The number of nitrogens with zero attached hydrogens (tertiary/aromatic N) is 2. The summed E-state index contributed by atoms with van der Waals surface area (Å²) in [6.07, 6.45) is 1.43. The number of esters is 1. The number of aliphatic hydroxyl groups excluding tert-OH is 1. The van der Waals surface area contributed by atoms with Gasteiger partial charge in [0.25, 0.3) is 5.56 Å². The van der Waals surface area contributed by atoms with Crippen LogP contribution in [0, 0.1) is 0 Å². The van der Waals surface area contributed by atoms with Gasteiger partial charge >= 0.3 is 5.97 Å². The van der Waals surface area contributed by atoms with Gasteiger partial charge in [-0.25, -0.2) is 4.68 Å². The van der Waals surface area contributed by atoms with Crippen molar-refractivity contribution in [1.82, 2.24) is 9.78 Å². The molecule has 7 nitrogen and oxygen atoms in total. The Kier molecular flexibility index (Phi) is 5.78. The SMILES string of the molecule is COC(=O)Cn1ncc(NCCC(C)O)c(Cl)c1=O. The van der Waals surface area contributed by atoms with E-state index in [1.807, 2.05) is 0 Å². The molecule has 0 saturated carbocycles. The molecular weight excluding hydrogens is 274 g/mol. The van der Waals surface area contributed by atoms with Crippen LogP contribution in [-0.4, -0.2) is 40.6 Å². The van der Waals surface area contributed by atoms with Gasteiger partial charge in [0.05, 0.1) is 25.1 Å². The standard InChI is InChI=1S/C11H16ClN3O4/c1-7(16)3-4-13-8-5-14-15(6-9(17)19-2)11(18)10(8)12/h5,7,13,16H,3-4,6H2,1-2H3. The van der Waals surface area contributed by atoms with Crippen LogP contribution in [-0.2, 0) is 16.1 Å². The minimum absolute atomic E-state index is 0.0514. The van der Waals surface area contributed by atoms with Crippen molar-refractivity contribution >= 4 is 23.3 Å². The summed E-state index contributed by atoms with van der Waals surface area (Å²) in [4.78, 5) is 22.9. The third-order valence-electron chi connectivity index (χ3n) is 2.37. The lowest BCUT2D eigenvalue weighted by Crippen LogP contribution is -2.28. The van der Waals surface area contributed by atoms with Crippen LogP contribution in [0.15, 0.2) is 11.0 Å². The van der Waals surface area contributed by atoms with E-state index in [0.717, 1.165) is 4.68 Å². The molecule has 19 heavy (non-hydrogen) atoms. The largest absolute Gasteiger partial charge is 0.468 e. The first-order valence-electron chi connectivity index (χ1n) is 5.70. The van der Waals surface area contributed by atoms with Crippen molar-refractivity contribution in [1.29, 1.82) is 0 Å². The Bertz CT molecular complexity index is 501. The number of aromatic nitrogens is 2. The third-order valence-corrected chi connectivity index (χ3v) is 2.73. The number of anilines is 1. The van der Waals surface area contributed by atoms with Gasteiger partial charge in [0, 0.05) is 6.54 Å². The summed E-state index contributed by atoms with van der Waals surface area (Å²) in [5.74, 6) is -0.583. The van der Waals surface area contributed by atoms with Crippen molar-refractivity contribution in [2.75, 3.05) is 19.0 Å². The van der Waals surface area contributed by atoms with Crippen LogP contribution < -0.4 is 10.9 Å². The summed E-state index contributed by atoms with van der Waals surface area (Å²) in [5, 5.41) is 15.8. The number of aliphatic hydroxyl groups is 1. The number of nitrogens with one attached hydrogen (secondary N) is 1. The summed E-state index contributed by atoms with van der Waals surface area (Å²) in [5.41, 5.74) is -0.206. The fourth-order valence-corrected chi connectivity index (χ4v) is 1.52. The molecule has 0 aromatic carbocycles. The molecule has 1 heterocycles. The third kappa shape index (κ3) is 4.53. The molecule has 0 fully saturated rings. The molecule has 1 aromatic rings. The van der Waals surface area contributed by atoms with E-state index in [-0.39, 0.29) is 11.6 Å². The molecule has 1 aromatic heterocycles. The van der Waals surface area contributed by atoms with E-state index in [0.29, 0.717) is 18.7 Å². The van der Waals surface area contributed by atoms with Gasteiger partial charge in [0.15, 0.2) is 0 Å². The maximum Gasteiger partial charge on any atom is 0.327 e. The second-order valence-electron chi connectivity index (χ2n) is 3.98. The monoisotopic (exact) mass is 289 g/mol. The minimum atomic E-state index is -0.583. The van der Waals surface area contributed by atoms with E-state index < -0.39 is 17.6 Å². The second kappa shape index (κ2) is 7.10. The summed E-state index contributed by atoms with van der Waals surface area (Å²) in [6, 6.07) is 0. The smallest absolute Gasteiger partial charge is 0.327 e. The number of hydrogen-bond donors (Lipinski definition) is 2. The highest BCUT2D eigenvalue weighted by Crippen LogP contribution is 2.15. The molecule has 0 aliphatic rings. The molecule has 0 aliphatic heterocycles. The van der Waals surface area contributed by atoms with Crippen molar-refractivity contribution in [3.05, 3.63) is 21.6 Å². The molecule has 0 aliphatic carbocycles. The van der Waals surface area contributed by atoms with E-state index in [9.17, 15) is 9.59 Å². The molecule has 1 atom stereocenters. The Hall–Kier alpha value is -1.60. The zero-order valence-electron chi connectivity index (χ0n) is 10.7. The Balaban J connectivity index is 2.80. The molecule has 0 radical (unpaired) electrons. The quantitative estimate of drug-likeness (QED) is 0.729. The molecule has 0 bridgehead atoms. The van der Waals surface area contributed by atoms with Gasteiger partial charge in [-0.15, -0.1) is 0 Å². The van der Waals surface area contributed by atoms with Crippen LogP contribution in [0.25, 0.3) is 0 Å². The zero-order valence-corrected chi connectivity index (χ0v) is 11.5. The summed E-state index contributed by atoms with van der Waals surface area (Å²) < 4.78 is 5.37. The highest BCUT2D eigenvalue weighted by molar-refractivity contribution is 6.32. The van der Waals surface area contributed by atoms with Crippen molar-refractivity contribution in [3.8, 4) is 0 Å². The average Bonchev–Trinajstić information content (AvgIpc) is 2.37. The normalized spacial score (nSPS) is 12.0. The maximum atomic E-state index is 11.8. The molecule has 2 N–H and O–H groups in total. The van der Waals surface area contributed by atoms with Crippen LogP contribution >= 0.6 is 11.6 Å². The summed E-state index contributed by atoms with van der Waals surface area (Å²) in [7, 11) is 1.22. The van der Waals surface area contributed by atoms with E-state index in [1.165, 1.54) is 13.3 Å². The molecule has 1 rings (SSSR count). The topological polar surface area (TPSA) is 93.5 Å². The molecule has 106 valence electrons. The first-order valence-corrected chi connectivity index (χ1v) is 6.08. The van der Waals surface area contributed by atoms with Crippen LogP contribution in [0.2, 0.25) is 5.02 Å². The lowest BCUT2D eigenvalue weighted by Gasteiger charge is -2.10. The zero-order chi connectivity index (χ0) is 14.4.